The molecule has 0 spiro atoms. The molecule has 2 aromatic rings. The van der Waals surface area contributed by atoms with E-state index in [-0.39, 0.29) is 11.9 Å². The van der Waals surface area contributed by atoms with Crippen molar-refractivity contribution in [1.82, 2.24) is 5.32 Å². The molecular formula is C23H35N9O3. The molecule has 0 saturated carbocycles. The molecule has 12 N–H and O–H groups in total. The highest BCUT2D eigenvalue weighted by atomic mass is 16.5. The fraction of sp³-hybridized carbons (Fsp3) is 0.391. The van der Waals surface area contributed by atoms with E-state index in [1.54, 1.807) is 13.2 Å². The van der Waals surface area contributed by atoms with E-state index >= 15 is 0 Å². The van der Waals surface area contributed by atoms with E-state index in [9.17, 15) is 9.59 Å². The number of methoxy groups -OCH3 is 1. The van der Waals surface area contributed by atoms with Gasteiger partial charge in [0.2, 0.25) is 11.8 Å². The van der Waals surface area contributed by atoms with Crippen molar-refractivity contribution in [3.8, 4) is 5.75 Å². The molecule has 0 heterocycles. The molecule has 2 rings (SSSR count). The summed E-state index contributed by atoms with van der Waals surface area (Å²) < 4.78 is 5.47. The zero-order valence-electron chi connectivity index (χ0n) is 19.9. The van der Waals surface area contributed by atoms with Gasteiger partial charge in [-0.3, -0.25) is 19.6 Å². The van der Waals surface area contributed by atoms with Gasteiger partial charge in [0, 0.05) is 30.2 Å². The summed E-state index contributed by atoms with van der Waals surface area (Å²) in [6, 6.07) is 9.55. The molecule has 2 aromatic carbocycles. The van der Waals surface area contributed by atoms with Crippen LogP contribution in [0.25, 0.3) is 10.8 Å². The monoisotopic (exact) mass is 485 g/mol. The number of rotatable bonds is 13. The van der Waals surface area contributed by atoms with Gasteiger partial charge in [0.1, 0.15) is 11.8 Å². The van der Waals surface area contributed by atoms with Gasteiger partial charge in [0.25, 0.3) is 0 Å². The van der Waals surface area contributed by atoms with Gasteiger partial charge in [0.05, 0.1) is 13.2 Å². The lowest BCUT2D eigenvalue weighted by atomic mass is 10.1. The number of anilines is 1. The Morgan fingerprint density at radius 3 is 2.20 bits per heavy atom. The first kappa shape index (κ1) is 27.2. The number of aliphatic imine (C=N–C) groups is 2. The highest BCUT2D eigenvalue weighted by molar-refractivity contribution is 6.00. The maximum atomic E-state index is 13.1. The Labute approximate surface area is 204 Å². The van der Waals surface area contributed by atoms with Gasteiger partial charge in [-0.2, -0.15) is 0 Å². The molecule has 0 radical (unpaired) electrons. The number of benzene rings is 2. The summed E-state index contributed by atoms with van der Waals surface area (Å²) >= 11 is 0. The Kier molecular flexibility index (Phi) is 10.6. The zero-order chi connectivity index (χ0) is 25.8. The molecule has 0 unspecified atom stereocenters. The first-order valence-electron chi connectivity index (χ1n) is 11.3. The molecule has 35 heavy (non-hydrogen) atoms. The average molecular weight is 486 g/mol. The molecule has 0 aliphatic rings. The quantitative estimate of drug-likeness (QED) is 0.113. The molecule has 2 atom stereocenters. The van der Waals surface area contributed by atoms with E-state index in [1.807, 2.05) is 30.3 Å². The van der Waals surface area contributed by atoms with Crippen molar-refractivity contribution < 1.29 is 14.3 Å². The Hall–Kier alpha value is -4.06. The SMILES string of the molecule is COc1cc(NC(=O)[C@@H](CCCN=C(N)N)NC(=O)[C@@H](N)CCCN=C(N)N)cc2ccccc12. The predicted molar refractivity (Wildman–Crippen MR) is 139 cm³/mol. The molecule has 2 amide bonds. The molecule has 12 nitrogen and oxygen atoms in total. The van der Waals surface area contributed by atoms with Crippen molar-refractivity contribution in [3.05, 3.63) is 36.4 Å². The first-order chi connectivity index (χ1) is 16.7. The van der Waals surface area contributed by atoms with Gasteiger partial charge in [-0.15, -0.1) is 0 Å². The lowest BCUT2D eigenvalue weighted by Crippen LogP contribution is -2.50. The summed E-state index contributed by atoms with van der Waals surface area (Å²) in [7, 11) is 1.56. The fourth-order valence-corrected chi connectivity index (χ4v) is 3.45. The van der Waals surface area contributed by atoms with Crippen LogP contribution in [0, 0.1) is 0 Å². The summed E-state index contributed by atoms with van der Waals surface area (Å²) in [5.41, 5.74) is 27.9. The zero-order valence-corrected chi connectivity index (χ0v) is 19.9. The number of carbonyl (C=O) groups excluding carboxylic acids is 2. The maximum Gasteiger partial charge on any atom is 0.246 e. The van der Waals surface area contributed by atoms with Gasteiger partial charge < -0.3 is 44.0 Å². The van der Waals surface area contributed by atoms with Gasteiger partial charge in [-0.25, -0.2) is 0 Å². The van der Waals surface area contributed by atoms with Gasteiger partial charge in [0.15, 0.2) is 11.9 Å². The van der Waals surface area contributed by atoms with Gasteiger partial charge >= 0.3 is 0 Å². The summed E-state index contributed by atoms with van der Waals surface area (Å²) in [6.45, 7) is 0.673. The molecule has 0 bridgehead atoms. The van der Waals surface area contributed by atoms with Crippen LogP contribution in [0.15, 0.2) is 46.4 Å². The molecule has 190 valence electrons. The van der Waals surface area contributed by atoms with Crippen molar-refractivity contribution >= 4 is 40.2 Å². The number of hydrogen-bond donors (Lipinski definition) is 7. The lowest BCUT2D eigenvalue weighted by molar-refractivity contribution is -0.127. The van der Waals surface area contributed by atoms with E-state index in [0.717, 1.165) is 10.8 Å². The number of nitrogens with one attached hydrogen (secondary N) is 2. The molecule has 0 aliphatic carbocycles. The smallest absolute Gasteiger partial charge is 0.246 e. The Balaban J connectivity index is 2.11. The van der Waals surface area contributed by atoms with Crippen LogP contribution in [0.1, 0.15) is 25.7 Å². The average Bonchev–Trinajstić information content (AvgIpc) is 2.82. The second-order valence-electron chi connectivity index (χ2n) is 7.95. The predicted octanol–water partition coefficient (Wildman–Crippen LogP) is -0.294. The second-order valence-corrected chi connectivity index (χ2v) is 7.95. The van der Waals surface area contributed by atoms with Gasteiger partial charge in [-0.05, 0) is 37.1 Å². The number of amides is 2. The van der Waals surface area contributed by atoms with E-state index in [4.69, 9.17) is 33.4 Å². The largest absolute Gasteiger partial charge is 0.496 e. The number of hydrogen-bond acceptors (Lipinski definition) is 6. The highest BCUT2D eigenvalue weighted by Crippen LogP contribution is 2.29. The highest BCUT2D eigenvalue weighted by Gasteiger charge is 2.24. The standard InChI is InChI=1S/C23H35N9O3/c1-35-19-13-15(12-14-6-2-3-7-16(14)19)31-21(34)18(9-5-11-30-23(27)28)32-20(33)17(24)8-4-10-29-22(25)26/h2-3,6-7,12-13,17-18H,4-5,8-11,24H2,1H3,(H,31,34)(H,32,33)(H4,25,26,29)(H4,27,28,30)/t17-,18+/m0/s1. The van der Waals surface area contributed by atoms with Crippen LogP contribution in [-0.4, -0.2) is 56.0 Å². The summed E-state index contributed by atoms with van der Waals surface area (Å²) in [5, 5.41) is 7.42. The van der Waals surface area contributed by atoms with Crippen LogP contribution in [0.2, 0.25) is 0 Å². The summed E-state index contributed by atoms with van der Waals surface area (Å²) in [5.74, 6) is -0.289. The number of fused-ring (bicyclic) bond motifs is 1. The number of carbonyl (C=O) groups is 2. The normalized spacial score (nSPS) is 12.3. The minimum atomic E-state index is -0.849. The minimum absolute atomic E-state index is 0.0224. The van der Waals surface area contributed by atoms with Crippen LogP contribution in [0.4, 0.5) is 5.69 Å². The van der Waals surface area contributed by atoms with E-state index in [2.05, 4.69) is 20.6 Å². The van der Waals surface area contributed by atoms with Crippen molar-refractivity contribution in [2.24, 2.45) is 38.7 Å². The van der Waals surface area contributed by atoms with E-state index in [0.29, 0.717) is 50.2 Å². The number of ether oxygens (including phenoxy) is 1. The lowest BCUT2D eigenvalue weighted by Gasteiger charge is -2.21. The van der Waals surface area contributed by atoms with Crippen molar-refractivity contribution in [2.45, 2.75) is 37.8 Å². The third-order valence-electron chi connectivity index (χ3n) is 5.19. The Morgan fingerprint density at radius 1 is 0.943 bits per heavy atom. The third-order valence-corrected chi connectivity index (χ3v) is 5.19. The van der Waals surface area contributed by atoms with Crippen LogP contribution < -0.4 is 44.0 Å². The van der Waals surface area contributed by atoms with Crippen LogP contribution in [0.3, 0.4) is 0 Å². The minimum Gasteiger partial charge on any atom is -0.496 e. The molecule has 0 saturated heterocycles. The van der Waals surface area contributed by atoms with Crippen molar-refractivity contribution in [3.63, 3.8) is 0 Å². The van der Waals surface area contributed by atoms with Crippen molar-refractivity contribution in [1.29, 1.82) is 0 Å². The topological polar surface area (TPSA) is 222 Å². The molecule has 0 fully saturated rings. The van der Waals surface area contributed by atoms with Gasteiger partial charge in [-0.1, -0.05) is 24.3 Å². The second kappa shape index (κ2) is 13.6. The number of guanidine groups is 2. The molecule has 0 aliphatic heterocycles. The molecular weight excluding hydrogens is 450 g/mol. The first-order valence-corrected chi connectivity index (χ1v) is 11.3. The Morgan fingerprint density at radius 2 is 1.57 bits per heavy atom. The fourth-order valence-electron chi connectivity index (χ4n) is 3.45. The summed E-state index contributed by atoms with van der Waals surface area (Å²) in [6.07, 6.45) is 1.65. The van der Waals surface area contributed by atoms with Crippen LogP contribution in [0.5, 0.6) is 5.75 Å². The van der Waals surface area contributed by atoms with Crippen LogP contribution >= 0.6 is 0 Å². The molecule has 0 aromatic heterocycles. The van der Waals surface area contributed by atoms with Crippen LogP contribution in [-0.2, 0) is 9.59 Å². The number of nitrogens with two attached hydrogens (primary N) is 5. The van der Waals surface area contributed by atoms with E-state index < -0.39 is 23.9 Å². The third kappa shape index (κ3) is 9.01. The van der Waals surface area contributed by atoms with E-state index in [1.165, 1.54) is 0 Å². The Bertz CT molecular complexity index is 1060. The number of nitrogens with zero attached hydrogens (tertiary/aromatic N) is 2. The maximum absolute atomic E-state index is 13.1. The summed E-state index contributed by atoms with van der Waals surface area (Å²) in [4.78, 5) is 33.6. The van der Waals surface area contributed by atoms with Crippen molar-refractivity contribution in [2.75, 3.05) is 25.5 Å². The molecule has 12 heteroatoms.